The van der Waals surface area contributed by atoms with E-state index < -0.39 is 0 Å². The highest BCUT2D eigenvalue weighted by atomic mass is 19.1. The first kappa shape index (κ1) is 18.4. The number of ether oxygens (including phenoxy) is 1. The van der Waals surface area contributed by atoms with Gasteiger partial charge in [0.05, 0.1) is 25.4 Å². The van der Waals surface area contributed by atoms with Gasteiger partial charge in [0.2, 0.25) is 5.91 Å². The molecule has 3 aromatic rings. The summed E-state index contributed by atoms with van der Waals surface area (Å²) in [5.41, 5.74) is 2.02. The Morgan fingerprint density at radius 1 is 1.07 bits per heavy atom. The molecule has 0 fully saturated rings. The maximum Gasteiger partial charge on any atom is 0.228 e. The number of rotatable bonds is 7. The number of carbonyl (C=O) groups is 1. The van der Waals surface area contributed by atoms with Gasteiger partial charge in [0.15, 0.2) is 0 Å². The highest BCUT2D eigenvalue weighted by molar-refractivity contribution is 5.92. The Labute approximate surface area is 157 Å². The summed E-state index contributed by atoms with van der Waals surface area (Å²) in [5, 5.41) is 5.93. The molecule has 1 amide bonds. The molecule has 5 nitrogen and oxygen atoms in total. The molecule has 6 heteroatoms. The number of carbonyl (C=O) groups excluding carboxylic acids is 1. The van der Waals surface area contributed by atoms with Crippen molar-refractivity contribution >= 4 is 17.4 Å². The van der Waals surface area contributed by atoms with Crippen molar-refractivity contribution in [3.8, 4) is 5.75 Å². The van der Waals surface area contributed by atoms with Crippen molar-refractivity contribution in [1.29, 1.82) is 0 Å². The van der Waals surface area contributed by atoms with Crippen LogP contribution in [-0.4, -0.2) is 18.0 Å². The lowest BCUT2D eigenvalue weighted by molar-refractivity contribution is -0.115. The van der Waals surface area contributed by atoms with E-state index in [0.717, 1.165) is 11.3 Å². The van der Waals surface area contributed by atoms with Crippen molar-refractivity contribution in [2.45, 2.75) is 13.0 Å². The topological polar surface area (TPSA) is 63.2 Å². The van der Waals surface area contributed by atoms with Crippen LogP contribution < -0.4 is 15.4 Å². The van der Waals surface area contributed by atoms with Crippen LogP contribution in [0.5, 0.6) is 5.75 Å². The zero-order chi connectivity index (χ0) is 19.1. The van der Waals surface area contributed by atoms with E-state index in [-0.39, 0.29) is 18.1 Å². The fourth-order valence-corrected chi connectivity index (χ4v) is 2.53. The highest BCUT2D eigenvalue weighted by Crippen LogP contribution is 2.15. The normalized spacial score (nSPS) is 10.3. The quantitative estimate of drug-likeness (QED) is 0.664. The van der Waals surface area contributed by atoms with Crippen molar-refractivity contribution in [1.82, 2.24) is 4.98 Å². The van der Waals surface area contributed by atoms with Crippen molar-refractivity contribution in [2.24, 2.45) is 0 Å². The molecule has 1 heterocycles. The molecule has 2 N–H and O–H groups in total. The number of hydrogen-bond acceptors (Lipinski definition) is 4. The number of amides is 1. The third-order valence-corrected chi connectivity index (χ3v) is 3.99. The molecular weight excluding hydrogens is 345 g/mol. The fourth-order valence-electron chi connectivity index (χ4n) is 2.53. The molecule has 0 saturated heterocycles. The summed E-state index contributed by atoms with van der Waals surface area (Å²) in [6.45, 7) is 0.621. The van der Waals surface area contributed by atoms with Crippen molar-refractivity contribution in [2.75, 3.05) is 17.7 Å². The van der Waals surface area contributed by atoms with Gasteiger partial charge in [-0.2, -0.15) is 0 Å². The molecule has 0 saturated carbocycles. The van der Waals surface area contributed by atoms with Gasteiger partial charge in [0, 0.05) is 6.54 Å². The Bertz CT molecular complexity index is 896. The van der Waals surface area contributed by atoms with E-state index in [1.54, 1.807) is 43.6 Å². The van der Waals surface area contributed by atoms with Gasteiger partial charge in [-0.3, -0.25) is 4.79 Å². The Kier molecular flexibility index (Phi) is 5.99. The predicted molar refractivity (Wildman–Crippen MR) is 103 cm³/mol. The minimum atomic E-state index is -0.385. The molecule has 0 radical (unpaired) electrons. The van der Waals surface area contributed by atoms with E-state index in [4.69, 9.17) is 4.74 Å². The monoisotopic (exact) mass is 365 g/mol. The van der Waals surface area contributed by atoms with Gasteiger partial charge in [-0.25, -0.2) is 9.37 Å². The summed E-state index contributed by atoms with van der Waals surface area (Å²) in [6, 6.07) is 17.5. The van der Waals surface area contributed by atoms with Gasteiger partial charge >= 0.3 is 0 Å². The number of benzene rings is 2. The average molecular weight is 365 g/mol. The SMILES string of the molecule is COc1ccc(CNc2ccc(NC(=O)Cc3ccccc3F)cn2)cc1. The third-order valence-electron chi connectivity index (χ3n) is 3.99. The maximum absolute atomic E-state index is 13.6. The summed E-state index contributed by atoms with van der Waals surface area (Å²) in [7, 11) is 1.63. The van der Waals surface area contributed by atoms with E-state index in [2.05, 4.69) is 15.6 Å². The second-order valence-electron chi connectivity index (χ2n) is 5.95. The van der Waals surface area contributed by atoms with Gasteiger partial charge in [0.25, 0.3) is 0 Å². The molecule has 2 aromatic carbocycles. The first-order valence-corrected chi connectivity index (χ1v) is 8.50. The highest BCUT2D eigenvalue weighted by Gasteiger charge is 2.08. The Balaban J connectivity index is 1.52. The number of anilines is 2. The Morgan fingerprint density at radius 3 is 2.52 bits per heavy atom. The molecule has 0 unspecified atom stereocenters. The predicted octanol–water partition coefficient (Wildman–Crippen LogP) is 4.02. The summed E-state index contributed by atoms with van der Waals surface area (Å²) in [4.78, 5) is 16.3. The molecule has 0 aliphatic carbocycles. The molecule has 0 aliphatic rings. The minimum absolute atomic E-state index is 0.0237. The summed E-state index contributed by atoms with van der Waals surface area (Å²) >= 11 is 0. The summed E-state index contributed by atoms with van der Waals surface area (Å²) in [5.74, 6) is 0.829. The summed E-state index contributed by atoms with van der Waals surface area (Å²) in [6.07, 6.45) is 1.54. The van der Waals surface area contributed by atoms with Crippen LogP contribution in [0, 0.1) is 5.82 Å². The van der Waals surface area contributed by atoms with Crippen LogP contribution >= 0.6 is 0 Å². The average Bonchev–Trinajstić information content (AvgIpc) is 2.69. The lowest BCUT2D eigenvalue weighted by Gasteiger charge is -2.09. The van der Waals surface area contributed by atoms with E-state index in [9.17, 15) is 9.18 Å². The van der Waals surface area contributed by atoms with Gasteiger partial charge in [-0.1, -0.05) is 30.3 Å². The van der Waals surface area contributed by atoms with Gasteiger partial charge in [-0.15, -0.1) is 0 Å². The summed E-state index contributed by atoms with van der Waals surface area (Å²) < 4.78 is 18.7. The van der Waals surface area contributed by atoms with Crippen LogP contribution in [0.25, 0.3) is 0 Å². The molecular formula is C21H20FN3O2. The van der Waals surface area contributed by atoms with Crippen LogP contribution in [0.4, 0.5) is 15.9 Å². The van der Waals surface area contributed by atoms with Crippen molar-refractivity contribution in [3.63, 3.8) is 0 Å². The Hall–Kier alpha value is -3.41. The lowest BCUT2D eigenvalue weighted by Crippen LogP contribution is -2.15. The van der Waals surface area contributed by atoms with Crippen LogP contribution in [0.3, 0.4) is 0 Å². The van der Waals surface area contributed by atoms with Crippen molar-refractivity contribution < 1.29 is 13.9 Å². The number of aromatic nitrogens is 1. The first-order chi connectivity index (χ1) is 13.1. The molecule has 0 bridgehead atoms. The number of pyridine rings is 1. The second-order valence-corrected chi connectivity index (χ2v) is 5.95. The van der Waals surface area contributed by atoms with Crippen LogP contribution in [0.2, 0.25) is 0 Å². The van der Waals surface area contributed by atoms with Gasteiger partial charge < -0.3 is 15.4 Å². The van der Waals surface area contributed by atoms with Gasteiger partial charge in [0.1, 0.15) is 17.4 Å². The zero-order valence-corrected chi connectivity index (χ0v) is 14.9. The number of nitrogens with one attached hydrogen (secondary N) is 2. The molecule has 0 spiro atoms. The number of methoxy groups -OCH3 is 1. The fraction of sp³-hybridized carbons (Fsp3) is 0.143. The molecule has 138 valence electrons. The number of halogens is 1. The maximum atomic E-state index is 13.6. The van der Waals surface area contributed by atoms with E-state index >= 15 is 0 Å². The lowest BCUT2D eigenvalue weighted by atomic mass is 10.1. The second kappa shape index (κ2) is 8.80. The molecule has 1 aromatic heterocycles. The van der Waals surface area contributed by atoms with E-state index in [1.165, 1.54) is 6.07 Å². The third kappa shape index (κ3) is 5.28. The van der Waals surface area contributed by atoms with E-state index in [1.807, 2.05) is 24.3 Å². The Morgan fingerprint density at radius 2 is 1.85 bits per heavy atom. The minimum Gasteiger partial charge on any atom is -0.497 e. The zero-order valence-electron chi connectivity index (χ0n) is 14.9. The molecule has 3 rings (SSSR count). The number of hydrogen-bond donors (Lipinski definition) is 2. The smallest absolute Gasteiger partial charge is 0.228 e. The van der Waals surface area contributed by atoms with E-state index in [0.29, 0.717) is 23.6 Å². The van der Waals surface area contributed by atoms with Crippen LogP contribution in [-0.2, 0) is 17.8 Å². The molecule has 0 atom stereocenters. The first-order valence-electron chi connectivity index (χ1n) is 8.50. The van der Waals surface area contributed by atoms with Gasteiger partial charge in [-0.05, 0) is 41.5 Å². The molecule has 27 heavy (non-hydrogen) atoms. The number of nitrogens with zero attached hydrogens (tertiary/aromatic N) is 1. The standard InChI is InChI=1S/C21H20FN3O2/c1-27-18-9-6-15(7-10-18)13-23-20-11-8-17(14-24-20)25-21(26)12-16-4-2-3-5-19(16)22/h2-11,14H,12-13H2,1H3,(H,23,24)(H,25,26). The van der Waals surface area contributed by atoms with Crippen LogP contribution in [0.15, 0.2) is 66.9 Å². The van der Waals surface area contributed by atoms with Crippen molar-refractivity contribution in [3.05, 3.63) is 83.8 Å². The largest absolute Gasteiger partial charge is 0.497 e. The molecule has 0 aliphatic heterocycles. The van der Waals surface area contributed by atoms with Crippen LogP contribution in [0.1, 0.15) is 11.1 Å².